The Morgan fingerprint density at radius 1 is 1.61 bits per heavy atom. The van der Waals surface area contributed by atoms with Crippen molar-refractivity contribution in [3.63, 3.8) is 0 Å². The Kier molecular flexibility index (Phi) is 3.81. The molecule has 18 heavy (non-hydrogen) atoms. The average Bonchev–Trinajstić information content (AvgIpc) is 2.85. The minimum Gasteiger partial charge on any atom is -0.459 e. The van der Waals surface area contributed by atoms with Gasteiger partial charge < -0.3 is 15.2 Å². The predicted octanol–water partition coefficient (Wildman–Crippen LogP) is 2.05. The molecule has 1 aliphatic heterocycles. The summed E-state index contributed by atoms with van der Waals surface area (Å²) in [4.78, 5) is 11.7. The molecular weight excluding hydrogens is 237 g/mol. The van der Waals surface area contributed by atoms with Crippen molar-refractivity contribution < 1.29 is 18.7 Å². The average molecular weight is 253 g/mol. The summed E-state index contributed by atoms with van der Waals surface area (Å²) >= 11 is 0. The van der Waals surface area contributed by atoms with Crippen LogP contribution in [0.25, 0.3) is 0 Å². The summed E-state index contributed by atoms with van der Waals surface area (Å²) in [6.45, 7) is 2.47. The summed E-state index contributed by atoms with van der Waals surface area (Å²) in [7, 11) is 0. The lowest BCUT2D eigenvalue weighted by Crippen LogP contribution is -2.18. The van der Waals surface area contributed by atoms with Crippen molar-refractivity contribution >= 4 is 11.7 Å². The minimum absolute atomic E-state index is 0.0402. The van der Waals surface area contributed by atoms with Crippen molar-refractivity contribution in [1.29, 1.82) is 0 Å². The SMILES string of the molecule is Cc1c(N)cc(C(=O)OCC2CCCO2)cc1F. The number of ether oxygens (including phenoxy) is 2. The van der Waals surface area contributed by atoms with Gasteiger partial charge in [0.05, 0.1) is 11.7 Å². The normalized spacial score (nSPS) is 18.9. The van der Waals surface area contributed by atoms with Crippen LogP contribution in [0.2, 0.25) is 0 Å². The van der Waals surface area contributed by atoms with E-state index in [1.54, 1.807) is 6.92 Å². The van der Waals surface area contributed by atoms with Crippen molar-refractivity contribution in [2.24, 2.45) is 0 Å². The van der Waals surface area contributed by atoms with Gasteiger partial charge in [0.2, 0.25) is 0 Å². The first-order valence-electron chi connectivity index (χ1n) is 5.92. The van der Waals surface area contributed by atoms with Crippen LogP contribution in [0.15, 0.2) is 12.1 Å². The number of anilines is 1. The van der Waals surface area contributed by atoms with E-state index in [4.69, 9.17) is 15.2 Å². The lowest BCUT2D eigenvalue weighted by Gasteiger charge is -2.11. The molecule has 98 valence electrons. The van der Waals surface area contributed by atoms with E-state index < -0.39 is 11.8 Å². The Morgan fingerprint density at radius 3 is 3.00 bits per heavy atom. The van der Waals surface area contributed by atoms with E-state index in [2.05, 4.69) is 0 Å². The standard InChI is InChI=1S/C13H16FNO3/c1-8-11(14)5-9(6-12(8)15)13(16)18-7-10-3-2-4-17-10/h5-6,10H,2-4,7,15H2,1H3. The van der Waals surface area contributed by atoms with Crippen molar-refractivity contribution in [3.8, 4) is 0 Å². The molecule has 1 fully saturated rings. The zero-order valence-corrected chi connectivity index (χ0v) is 10.2. The maximum atomic E-state index is 13.4. The highest BCUT2D eigenvalue weighted by molar-refractivity contribution is 5.90. The number of nitrogens with two attached hydrogens (primary N) is 1. The highest BCUT2D eigenvalue weighted by Crippen LogP contribution is 2.19. The molecule has 1 aromatic rings. The number of halogens is 1. The largest absolute Gasteiger partial charge is 0.459 e. The Morgan fingerprint density at radius 2 is 2.39 bits per heavy atom. The number of hydrogen-bond donors (Lipinski definition) is 1. The van der Waals surface area contributed by atoms with Crippen LogP contribution in [0, 0.1) is 12.7 Å². The van der Waals surface area contributed by atoms with Crippen LogP contribution in [0.1, 0.15) is 28.8 Å². The van der Waals surface area contributed by atoms with Crippen LogP contribution in [0.5, 0.6) is 0 Å². The molecule has 4 nitrogen and oxygen atoms in total. The molecule has 1 aromatic carbocycles. The summed E-state index contributed by atoms with van der Waals surface area (Å²) < 4.78 is 23.8. The Labute approximate surface area is 105 Å². The van der Waals surface area contributed by atoms with Gasteiger partial charge in [0.25, 0.3) is 0 Å². The summed E-state index contributed by atoms with van der Waals surface area (Å²) in [6.07, 6.45) is 1.83. The molecule has 0 aromatic heterocycles. The molecule has 1 unspecified atom stereocenters. The van der Waals surface area contributed by atoms with Crippen LogP contribution in [0.3, 0.4) is 0 Å². The monoisotopic (exact) mass is 253 g/mol. The third-order valence-corrected chi connectivity index (χ3v) is 3.04. The molecule has 0 aliphatic carbocycles. The first-order valence-corrected chi connectivity index (χ1v) is 5.92. The smallest absolute Gasteiger partial charge is 0.338 e. The number of carbonyl (C=O) groups is 1. The van der Waals surface area contributed by atoms with Gasteiger partial charge >= 0.3 is 5.97 Å². The molecule has 0 bridgehead atoms. The Bertz CT molecular complexity index is 433. The number of benzene rings is 1. The first kappa shape index (κ1) is 12.8. The van der Waals surface area contributed by atoms with Gasteiger partial charge in [-0.1, -0.05) is 0 Å². The molecule has 1 heterocycles. The number of hydrogen-bond acceptors (Lipinski definition) is 4. The van der Waals surface area contributed by atoms with E-state index >= 15 is 0 Å². The topological polar surface area (TPSA) is 61.6 Å². The van der Waals surface area contributed by atoms with Gasteiger partial charge in [-0.2, -0.15) is 0 Å². The van der Waals surface area contributed by atoms with Gasteiger partial charge in [-0.25, -0.2) is 9.18 Å². The van der Waals surface area contributed by atoms with Gasteiger partial charge in [-0.3, -0.25) is 0 Å². The molecule has 0 radical (unpaired) electrons. The summed E-state index contributed by atoms with van der Waals surface area (Å²) in [6, 6.07) is 2.57. The van der Waals surface area contributed by atoms with Gasteiger partial charge in [0.1, 0.15) is 12.4 Å². The fraction of sp³-hybridized carbons (Fsp3) is 0.462. The van der Waals surface area contributed by atoms with Gasteiger partial charge in [0.15, 0.2) is 0 Å². The number of nitrogen functional groups attached to an aromatic ring is 1. The quantitative estimate of drug-likeness (QED) is 0.661. The predicted molar refractivity (Wildman–Crippen MR) is 64.8 cm³/mol. The van der Waals surface area contributed by atoms with Crippen molar-refractivity contribution in [1.82, 2.24) is 0 Å². The third-order valence-electron chi connectivity index (χ3n) is 3.04. The van der Waals surface area contributed by atoms with Crippen LogP contribution in [-0.4, -0.2) is 25.3 Å². The molecule has 2 N–H and O–H groups in total. The highest BCUT2D eigenvalue weighted by Gasteiger charge is 2.19. The minimum atomic E-state index is -0.573. The fourth-order valence-corrected chi connectivity index (χ4v) is 1.85. The fourth-order valence-electron chi connectivity index (χ4n) is 1.85. The van der Waals surface area contributed by atoms with Crippen molar-refractivity contribution in [2.45, 2.75) is 25.9 Å². The molecule has 5 heteroatoms. The molecule has 0 saturated carbocycles. The lowest BCUT2D eigenvalue weighted by molar-refractivity contribution is 0.0161. The van der Waals surface area contributed by atoms with E-state index in [1.807, 2.05) is 0 Å². The molecular formula is C13H16FNO3. The Hall–Kier alpha value is -1.62. The summed E-state index contributed by atoms with van der Waals surface area (Å²) in [5.74, 6) is -1.07. The van der Waals surface area contributed by atoms with Crippen LogP contribution in [0.4, 0.5) is 10.1 Å². The molecule has 1 saturated heterocycles. The van der Waals surface area contributed by atoms with Gasteiger partial charge in [-0.15, -0.1) is 0 Å². The van der Waals surface area contributed by atoms with Gasteiger partial charge in [-0.05, 0) is 31.9 Å². The second kappa shape index (κ2) is 5.35. The maximum absolute atomic E-state index is 13.4. The Balaban J connectivity index is 2.00. The molecule has 0 amide bonds. The van der Waals surface area contributed by atoms with E-state index in [-0.39, 0.29) is 24.0 Å². The number of esters is 1. The first-order chi connectivity index (χ1) is 8.58. The molecule has 0 spiro atoms. The van der Waals surface area contributed by atoms with Gasteiger partial charge in [0, 0.05) is 17.9 Å². The molecule has 2 rings (SSSR count). The highest BCUT2D eigenvalue weighted by atomic mass is 19.1. The van der Waals surface area contributed by atoms with E-state index in [9.17, 15) is 9.18 Å². The van der Waals surface area contributed by atoms with Crippen molar-refractivity contribution in [2.75, 3.05) is 18.9 Å². The third kappa shape index (κ3) is 2.79. The summed E-state index contributed by atoms with van der Waals surface area (Å²) in [5, 5.41) is 0. The number of carbonyl (C=O) groups excluding carboxylic acids is 1. The molecule has 1 atom stereocenters. The van der Waals surface area contributed by atoms with E-state index in [0.717, 1.165) is 18.9 Å². The zero-order valence-electron chi connectivity index (χ0n) is 10.2. The van der Waals surface area contributed by atoms with Crippen LogP contribution < -0.4 is 5.73 Å². The van der Waals surface area contributed by atoms with Crippen molar-refractivity contribution in [3.05, 3.63) is 29.1 Å². The second-order valence-electron chi connectivity index (χ2n) is 4.41. The zero-order chi connectivity index (χ0) is 13.1. The number of rotatable bonds is 3. The maximum Gasteiger partial charge on any atom is 0.338 e. The lowest BCUT2D eigenvalue weighted by atomic mass is 10.1. The molecule has 1 aliphatic rings. The second-order valence-corrected chi connectivity index (χ2v) is 4.41. The summed E-state index contributed by atoms with van der Waals surface area (Å²) in [5.41, 5.74) is 6.33. The van der Waals surface area contributed by atoms with E-state index in [1.165, 1.54) is 6.07 Å². The van der Waals surface area contributed by atoms with Crippen LogP contribution >= 0.6 is 0 Å². The van der Waals surface area contributed by atoms with E-state index in [0.29, 0.717) is 12.2 Å². The van der Waals surface area contributed by atoms with Crippen LogP contribution in [-0.2, 0) is 9.47 Å².